The van der Waals surface area contributed by atoms with Crippen LogP contribution in [0.15, 0.2) is 24.5 Å². The summed E-state index contributed by atoms with van der Waals surface area (Å²) < 4.78 is 7.04. The Labute approximate surface area is 104 Å². The molecule has 1 aromatic carbocycles. The highest BCUT2D eigenvalue weighted by Crippen LogP contribution is 2.33. The maximum absolute atomic E-state index is 9.03. The second-order valence-electron chi connectivity index (χ2n) is 3.51. The molecule has 0 aliphatic heterocycles. The lowest BCUT2D eigenvalue weighted by molar-refractivity contribution is 0.416. The Morgan fingerprint density at radius 1 is 1.47 bits per heavy atom. The zero-order chi connectivity index (χ0) is 12.4. The second-order valence-corrected chi connectivity index (χ2v) is 3.95. The van der Waals surface area contributed by atoms with Gasteiger partial charge >= 0.3 is 0 Å². The summed E-state index contributed by atoms with van der Waals surface area (Å²) in [6.07, 6.45) is 1.59. The predicted octanol–water partition coefficient (Wildman–Crippen LogP) is 2.62. The maximum atomic E-state index is 9.03. The number of aryl methyl sites for hydroxylation is 1. The van der Waals surface area contributed by atoms with Crippen LogP contribution in [0, 0.1) is 11.3 Å². The van der Waals surface area contributed by atoms with Crippen LogP contribution >= 0.6 is 11.6 Å². The van der Waals surface area contributed by atoms with Gasteiger partial charge in [0, 0.05) is 17.6 Å². The minimum absolute atomic E-state index is 0.355. The van der Waals surface area contributed by atoms with Crippen molar-refractivity contribution in [1.82, 2.24) is 9.55 Å². The Morgan fingerprint density at radius 3 is 2.88 bits per heavy atom. The van der Waals surface area contributed by atoms with E-state index >= 15 is 0 Å². The number of benzene rings is 1. The molecular formula is C12H10ClN3O. The molecule has 0 spiro atoms. The summed E-state index contributed by atoms with van der Waals surface area (Å²) in [4.78, 5) is 4.02. The first kappa shape index (κ1) is 11.5. The van der Waals surface area contributed by atoms with Gasteiger partial charge in [-0.3, -0.25) is 0 Å². The number of ether oxygens (including phenoxy) is 1. The zero-order valence-electron chi connectivity index (χ0n) is 9.44. The second kappa shape index (κ2) is 4.48. The number of hydrogen-bond acceptors (Lipinski definition) is 3. The predicted molar refractivity (Wildman–Crippen MR) is 64.9 cm³/mol. The third kappa shape index (κ3) is 1.97. The molecule has 0 bridgehead atoms. The summed E-state index contributed by atoms with van der Waals surface area (Å²) in [6.45, 7) is 0. The number of nitriles is 1. The van der Waals surface area contributed by atoms with Gasteiger partial charge in [0.25, 0.3) is 0 Å². The summed E-state index contributed by atoms with van der Waals surface area (Å²) >= 11 is 5.97. The van der Waals surface area contributed by atoms with E-state index in [0.29, 0.717) is 22.2 Å². The largest absolute Gasteiger partial charge is 0.496 e. The van der Waals surface area contributed by atoms with Gasteiger partial charge in [-0.2, -0.15) is 5.26 Å². The highest BCUT2D eigenvalue weighted by Gasteiger charge is 2.15. The van der Waals surface area contributed by atoms with E-state index in [0.717, 1.165) is 5.56 Å². The molecule has 0 aliphatic rings. The number of nitrogens with zero attached hydrogens (tertiary/aromatic N) is 3. The van der Waals surface area contributed by atoms with Crippen molar-refractivity contribution >= 4 is 11.6 Å². The van der Waals surface area contributed by atoms with Gasteiger partial charge < -0.3 is 9.30 Å². The van der Waals surface area contributed by atoms with Crippen LogP contribution in [0.5, 0.6) is 5.75 Å². The number of imidazole rings is 1. The van der Waals surface area contributed by atoms with Gasteiger partial charge in [0.1, 0.15) is 11.8 Å². The van der Waals surface area contributed by atoms with Crippen LogP contribution in [-0.4, -0.2) is 16.7 Å². The van der Waals surface area contributed by atoms with Gasteiger partial charge in [0.2, 0.25) is 0 Å². The monoisotopic (exact) mass is 247 g/mol. The van der Waals surface area contributed by atoms with Gasteiger partial charge in [0.15, 0.2) is 5.69 Å². The third-order valence-electron chi connectivity index (χ3n) is 2.46. The van der Waals surface area contributed by atoms with E-state index in [9.17, 15) is 0 Å². The van der Waals surface area contributed by atoms with Crippen molar-refractivity contribution < 1.29 is 4.74 Å². The van der Waals surface area contributed by atoms with Crippen LogP contribution in [-0.2, 0) is 7.05 Å². The molecule has 5 heteroatoms. The Balaban J connectivity index is 2.71. The molecular weight excluding hydrogens is 238 g/mol. The first-order chi connectivity index (χ1) is 8.17. The topological polar surface area (TPSA) is 50.8 Å². The zero-order valence-corrected chi connectivity index (χ0v) is 10.2. The molecule has 0 N–H and O–H groups in total. The lowest BCUT2D eigenvalue weighted by atomic mass is 10.1. The van der Waals surface area contributed by atoms with Crippen LogP contribution < -0.4 is 4.74 Å². The number of methoxy groups -OCH3 is 1. The summed E-state index contributed by atoms with van der Waals surface area (Å²) in [5.41, 5.74) is 1.82. The Hall–Kier alpha value is -1.99. The third-order valence-corrected chi connectivity index (χ3v) is 2.69. The lowest BCUT2D eigenvalue weighted by Crippen LogP contribution is -1.95. The van der Waals surface area contributed by atoms with Gasteiger partial charge in [-0.1, -0.05) is 11.6 Å². The van der Waals surface area contributed by atoms with E-state index in [4.69, 9.17) is 21.6 Å². The van der Waals surface area contributed by atoms with Gasteiger partial charge in [-0.05, 0) is 18.2 Å². The molecule has 2 rings (SSSR count). The van der Waals surface area contributed by atoms with Crippen LogP contribution in [0.3, 0.4) is 0 Å². The van der Waals surface area contributed by atoms with Crippen LogP contribution in [0.1, 0.15) is 5.69 Å². The minimum atomic E-state index is 0.355. The molecule has 0 fully saturated rings. The van der Waals surface area contributed by atoms with Crippen molar-refractivity contribution in [2.24, 2.45) is 7.05 Å². The molecule has 0 unspecified atom stereocenters. The molecule has 1 heterocycles. The summed E-state index contributed by atoms with van der Waals surface area (Å²) in [7, 11) is 3.40. The summed E-state index contributed by atoms with van der Waals surface area (Å²) in [5.74, 6) is 0.662. The fourth-order valence-corrected chi connectivity index (χ4v) is 1.87. The molecule has 0 saturated heterocycles. The number of halogens is 1. The standard InChI is InChI=1S/C12H10ClN3O/c1-16-7-15-10(6-14)12(16)9-5-8(13)3-4-11(9)17-2/h3-5,7H,1-2H3. The molecule has 2 aromatic rings. The van der Waals surface area contributed by atoms with Gasteiger partial charge in [-0.25, -0.2) is 4.98 Å². The molecule has 0 amide bonds. The van der Waals surface area contributed by atoms with Crippen molar-refractivity contribution in [2.75, 3.05) is 7.11 Å². The molecule has 17 heavy (non-hydrogen) atoms. The number of rotatable bonds is 2. The lowest BCUT2D eigenvalue weighted by Gasteiger charge is -2.09. The van der Waals surface area contributed by atoms with Crippen LogP contribution in [0.25, 0.3) is 11.3 Å². The molecule has 4 nitrogen and oxygen atoms in total. The Bertz CT molecular complexity index is 598. The Morgan fingerprint density at radius 2 is 2.24 bits per heavy atom. The molecule has 0 saturated carbocycles. The van der Waals surface area contributed by atoms with E-state index in [2.05, 4.69) is 11.1 Å². The van der Waals surface area contributed by atoms with E-state index < -0.39 is 0 Å². The SMILES string of the molecule is COc1ccc(Cl)cc1-c1c(C#N)ncn1C. The van der Waals surface area contributed by atoms with Gasteiger partial charge in [-0.15, -0.1) is 0 Å². The quantitative estimate of drug-likeness (QED) is 0.820. The first-order valence-corrected chi connectivity index (χ1v) is 5.30. The first-order valence-electron chi connectivity index (χ1n) is 4.92. The normalized spacial score (nSPS) is 10.0. The smallest absolute Gasteiger partial charge is 0.166 e. The molecule has 0 radical (unpaired) electrons. The number of aromatic nitrogens is 2. The van der Waals surface area contributed by atoms with Crippen LogP contribution in [0.2, 0.25) is 5.02 Å². The average molecular weight is 248 g/mol. The van der Waals surface area contributed by atoms with Crippen molar-refractivity contribution in [3.8, 4) is 23.1 Å². The van der Waals surface area contributed by atoms with E-state index in [1.165, 1.54) is 0 Å². The van der Waals surface area contributed by atoms with Crippen molar-refractivity contribution in [3.63, 3.8) is 0 Å². The maximum Gasteiger partial charge on any atom is 0.166 e. The fourth-order valence-electron chi connectivity index (χ4n) is 1.69. The van der Waals surface area contributed by atoms with Crippen LogP contribution in [0.4, 0.5) is 0 Å². The van der Waals surface area contributed by atoms with E-state index in [-0.39, 0.29) is 0 Å². The van der Waals surface area contributed by atoms with Crippen molar-refractivity contribution in [1.29, 1.82) is 5.26 Å². The highest BCUT2D eigenvalue weighted by atomic mass is 35.5. The highest BCUT2D eigenvalue weighted by molar-refractivity contribution is 6.31. The molecule has 1 aromatic heterocycles. The molecule has 0 aliphatic carbocycles. The molecule has 0 atom stereocenters. The van der Waals surface area contributed by atoms with Crippen molar-refractivity contribution in [3.05, 3.63) is 35.2 Å². The Kier molecular flexibility index (Phi) is 3.03. The van der Waals surface area contributed by atoms with E-state index in [1.807, 2.05) is 7.05 Å². The van der Waals surface area contributed by atoms with Crippen molar-refractivity contribution in [2.45, 2.75) is 0 Å². The number of hydrogen-bond donors (Lipinski definition) is 0. The molecule has 86 valence electrons. The minimum Gasteiger partial charge on any atom is -0.496 e. The van der Waals surface area contributed by atoms with Gasteiger partial charge in [0.05, 0.1) is 19.1 Å². The van der Waals surface area contributed by atoms with E-state index in [1.54, 1.807) is 36.2 Å². The fraction of sp³-hybridized carbons (Fsp3) is 0.167. The average Bonchev–Trinajstić information content (AvgIpc) is 2.70. The summed E-state index contributed by atoms with van der Waals surface area (Å²) in [6, 6.07) is 7.33. The summed E-state index contributed by atoms with van der Waals surface area (Å²) in [5, 5.41) is 9.62.